The van der Waals surface area contributed by atoms with Crippen molar-refractivity contribution < 1.29 is 22.7 Å². The largest absolute Gasteiger partial charge is 0.493 e. The molecule has 0 aromatic heterocycles. The van der Waals surface area contributed by atoms with Crippen LogP contribution in [0.5, 0.6) is 11.5 Å². The van der Waals surface area contributed by atoms with Gasteiger partial charge in [0, 0.05) is 25.3 Å². The van der Waals surface area contributed by atoms with Gasteiger partial charge in [-0.1, -0.05) is 6.07 Å². The molecule has 0 heterocycles. The molecule has 0 saturated carbocycles. The SMILES string of the molecule is CCN(CC)C(=O)Nc1ccc(S(=O)(=O)NCCc2ccc(OC)c(OC)c2)cc1. The van der Waals surface area contributed by atoms with Crippen LogP contribution in [-0.2, 0) is 16.4 Å². The van der Waals surface area contributed by atoms with Gasteiger partial charge < -0.3 is 19.7 Å². The number of sulfonamides is 1. The molecular weight excluding hydrogens is 406 g/mol. The minimum Gasteiger partial charge on any atom is -0.493 e. The van der Waals surface area contributed by atoms with Crippen LogP contribution in [0.15, 0.2) is 47.4 Å². The van der Waals surface area contributed by atoms with Crippen LogP contribution in [0, 0.1) is 0 Å². The maximum atomic E-state index is 12.5. The quantitative estimate of drug-likeness (QED) is 0.598. The molecule has 164 valence electrons. The molecule has 2 aromatic rings. The van der Waals surface area contributed by atoms with Crippen LogP contribution >= 0.6 is 0 Å². The molecule has 8 nitrogen and oxygen atoms in total. The zero-order valence-electron chi connectivity index (χ0n) is 17.8. The van der Waals surface area contributed by atoms with Crippen molar-refractivity contribution >= 4 is 21.7 Å². The van der Waals surface area contributed by atoms with Gasteiger partial charge in [0.1, 0.15) is 0 Å². The summed E-state index contributed by atoms with van der Waals surface area (Å²) >= 11 is 0. The van der Waals surface area contributed by atoms with Crippen LogP contribution in [0.3, 0.4) is 0 Å². The van der Waals surface area contributed by atoms with Gasteiger partial charge in [0.05, 0.1) is 19.1 Å². The highest BCUT2D eigenvalue weighted by Gasteiger charge is 2.15. The Labute approximate surface area is 178 Å². The van der Waals surface area contributed by atoms with Gasteiger partial charge in [-0.15, -0.1) is 0 Å². The normalized spacial score (nSPS) is 11.1. The van der Waals surface area contributed by atoms with E-state index in [0.717, 1.165) is 5.56 Å². The Balaban J connectivity index is 1.96. The van der Waals surface area contributed by atoms with Crippen molar-refractivity contribution in [1.82, 2.24) is 9.62 Å². The van der Waals surface area contributed by atoms with E-state index in [-0.39, 0.29) is 17.5 Å². The zero-order valence-corrected chi connectivity index (χ0v) is 18.6. The maximum absolute atomic E-state index is 12.5. The second-order valence-electron chi connectivity index (χ2n) is 6.46. The topological polar surface area (TPSA) is 97.0 Å². The number of nitrogens with zero attached hydrogens (tertiary/aromatic N) is 1. The van der Waals surface area contributed by atoms with Crippen LogP contribution in [0.2, 0.25) is 0 Å². The van der Waals surface area contributed by atoms with Gasteiger partial charge >= 0.3 is 6.03 Å². The van der Waals surface area contributed by atoms with Crippen LogP contribution < -0.4 is 19.5 Å². The van der Waals surface area contributed by atoms with Crippen molar-refractivity contribution in [1.29, 1.82) is 0 Å². The zero-order chi connectivity index (χ0) is 22.1. The molecule has 30 heavy (non-hydrogen) atoms. The third-order valence-corrected chi connectivity index (χ3v) is 6.10. The highest BCUT2D eigenvalue weighted by Crippen LogP contribution is 2.27. The molecular formula is C21H29N3O5S. The second-order valence-corrected chi connectivity index (χ2v) is 8.23. The molecule has 9 heteroatoms. The summed E-state index contributed by atoms with van der Waals surface area (Å²) in [5.74, 6) is 1.22. The van der Waals surface area contributed by atoms with E-state index in [2.05, 4.69) is 10.0 Å². The molecule has 0 bridgehead atoms. The van der Waals surface area contributed by atoms with E-state index >= 15 is 0 Å². The van der Waals surface area contributed by atoms with Crippen molar-refractivity contribution in [2.24, 2.45) is 0 Å². The fourth-order valence-corrected chi connectivity index (χ4v) is 3.91. The summed E-state index contributed by atoms with van der Waals surface area (Å²) in [6.45, 7) is 5.22. The molecule has 2 aromatic carbocycles. The monoisotopic (exact) mass is 435 g/mol. The lowest BCUT2D eigenvalue weighted by Gasteiger charge is -2.19. The van der Waals surface area contributed by atoms with Crippen molar-refractivity contribution in [3.05, 3.63) is 48.0 Å². The Kier molecular flexibility index (Phi) is 8.49. The summed E-state index contributed by atoms with van der Waals surface area (Å²) in [6, 6.07) is 11.3. The first-order valence-corrected chi connectivity index (χ1v) is 11.2. The third kappa shape index (κ3) is 6.11. The first-order valence-electron chi connectivity index (χ1n) is 9.71. The number of rotatable bonds is 10. The summed E-state index contributed by atoms with van der Waals surface area (Å²) in [5, 5.41) is 2.76. The van der Waals surface area contributed by atoms with Crippen LogP contribution in [0.4, 0.5) is 10.5 Å². The number of methoxy groups -OCH3 is 2. The van der Waals surface area contributed by atoms with Crippen LogP contribution in [0.25, 0.3) is 0 Å². The highest BCUT2D eigenvalue weighted by atomic mass is 32.2. The Hall–Kier alpha value is -2.78. The molecule has 0 saturated heterocycles. The highest BCUT2D eigenvalue weighted by molar-refractivity contribution is 7.89. The van der Waals surface area contributed by atoms with Gasteiger partial charge in [0.15, 0.2) is 11.5 Å². The standard InChI is InChI=1S/C21H29N3O5S/c1-5-24(6-2)21(25)23-17-8-10-18(11-9-17)30(26,27)22-14-13-16-7-12-19(28-3)20(15-16)29-4/h7-12,15,22H,5-6,13-14H2,1-4H3,(H,23,25). The number of hydrogen-bond acceptors (Lipinski definition) is 5. The van der Waals surface area contributed by atoms with E-state index in [1.807, 2.05) is 26.0 Å². The van der Waals surface area contributed by atoms with E-state index < -0.39 is 10.0 Å². The number of hydrogen-bond donors (Lipinski definition) is 2. The lowest BCUT2D eigenvalue weighted by molar-refractivity contribution is 0.217. The molecule has 0 aliphatic heterocycles. The van der Waals surface area contributed by atoms with Crippen molar-refractivity contribution in [3.8, 4) is 11.5 Å². The molecule has 2 amide bonds. The lowest BCUT2D eigenvalue weighted by Crippen LogP contribution is -2.34. The summed E-state index contributed by atoms with van der Waals surface area (Å²) < 4.78 is 38.1. The Morgan fingerprint density at radius 3 is 2.17 bits per heavy atom. The molecule has 0 aliphatic carbocycles. The van der Waals surface area contributed by atoms with Crippen molar-refractivity contribution in [3.63, 3.8) is 0 Å². The molecule has 0 fully saturated rings. The summed E-state index contributed by atoms with van der Waals surface area (Å²) in [5.41, 5.74) is 1.46. The summed E-state index contributed by atoms with van der Waals surface area (Å²) in [6.07, 6.45) is 0.498. The van der Waals surface area contributed by atoms with Crippen molar-refractivity contribution in [2.75, 3.05) is 39.2 Å². The average Bonchev–Trinajstić information content (AvgIpc) is 2.74. The molecule has 0 radical (unpaired) electrons. The van der Waals surface area contributed by atoms with Crippen LogP contribution in [0.1, 0.15) is 19.4 Å². The van der Waals surface area contributed by atoms with E-state index in [1.165, 1.54) is 12.1 Å². The third-order valence-electron chi connectivity index (χ3n) is 4.62. The Morgan fingerprint density at radius 2 is 1.60 bits per heavy atom. The predicted octanol–water partition coefficient (Wildman–Crippen LogP) is 3.10. The van der Waals surface area contributed by atoms with Gasteiger partial charge in [-0.25, -0.2) is 17.9 Å². The fourth-order valence-electron chi connectivity index (χ4n) is 2.88. The van der Waals surface area contributed by atoms with Crippen LogP contribution in [-0.4, -0.2) is 53.2 Å². The smallest absolute Gasteiger partial charge is 0.321 e. The summed E-state index contributed by atoms with van der Waals surface area (Å²) in [4.78, 5) is 13.9. The molecule has 0 aliphatic rings. The molecule has 0 spiro atoms. The first-order chi connectivity index (χ1) is 14.3. The number of anilines is 1. The van der Waals surface area contributed by atoms with Gasteiger partial charge in [-0.3, -0.25) is 0 Å². The van der Waals surface area contributed by atoms with E-state index in [0.29, 0.717) is 36.7 Å². The predicted molar refractivity (Wildman–Crippen MR) is 117 cm³/mol. The van der Waals surface area contributed by atoms with Gasteiger partial charge in [-0.2, -0.15) is 0 Å². The molecule has 0 unspecified atom stereocenters. The number of amides is 2. The number of nitrogens with one attached hydrogen (secondary N) is 2. The summed E-state index contributed by atoms with van der Waals surface area (Å²) in [7, 11) is -0.543. The maximum Gasteiger partial charge on any atom is 0.321 e. The number of urea groups is 1. The number of carbonyl (C=O) groups excluding carboxylic acids is 1. The van der Waals surface area contributed by atoms with Gasteiger partial charge in [0.25, 0.3) is 0 Å². The first kappa shape index (κ1) is 23.5. The minimum atomic E-state index is -3.66. The molecule has 2 N–H and O–H groups in total. The average molecular weight is 436 g/mol. The molecule has 0 atom stereocenters. The van der Waals surface area contributed by atoms with E-state index in [4.69, 9.17) is 9.47 Å². The minimum absolute atomic E-state index is 0.135. The van der Waals surface area contributed by atoms with Gasteiger partial charge in [-0.05, 0) is 62.2 Å². The number of benzene rings is 2. The Morgan fingerprint density at radius 1 is 0.967 bits per heavy atom. The molecule has 2 rings (SSSR count). The fraction of sp³-hybridized carbons (Fsp3) is 0.381. The lowest BCUT2D eigenvalue weighted by atomic mass is 10.1. The number of carbonyl (C=O) groups is 1. The van der Waals surface area contributed by atoms with E-state index in [1.54, 1.807) is 37.3 Å². The van der Waals surface area contributed by atoms with Crippen molar-refractivity contribution in [2.45, 2.75) is 25.2 Å². The Bertz CT molecular complexity index is 942. The van der Waals surface area contributed by atoms with E-state index in [9.17, 15) is 13.2 Å². The van der Waals surface area contributed by atoms with Gasteiger partial charge in [0.2, 0.25) is 10.0 Å². The second kappa shape index (κ2) is 10.8. The number of ether oxygens (including phenoxy) is 2.